The quantitative estimate of drug-likeness (QED) is 0.692. The predicted molar refractivity (Wildman–Crippen MR) is 76.4 cm³/mol. The summed E-state index contributed by atoms with van der Waals surface area (Å²) in [5.41, 5.74) is 2.46. The van der Waals surface area contributed by atoms with Crippen molar-refractivity contribution >= 4 is 5.91 Å². The van der Waals surface area contributed by atoms with Crippen molar-refractivity contribution in [3.8, 4) is 0 Å². The Kier molecular flexibility index (Phi) is 6.05. The van der Waals surface area contributed by atoms with Crippen LogP contribution in [0, 0.1) is 13.8 Å². The molecule has 5 heteroatoms. The van der Waals surface area contributed by atoms with Gasteiger partial charge >= 0.3 is 0 Å². The fourth-order valence-corrected chi connectivity index (χ4v) is 2.15. The number of aliphatic hydroxyl groups excluding tert-OH is 1. The number of aryl methyl sites for hydroxylation is 2. The van der Waals surface area contributed by atoms with Gasteiger partial charge in [0.05, 0.1) is 11.7 Å². The van der Waals surface area contributed by atoms with Gasteiger partial charge < -0.3 is 20.3 Å². The first-order valence-electron chi connectivity index (χ1n) is 6.82. The Balaban J connectivity index is 2.46. The molecular formula is C14H25N3O2. The maximum atomic E-state index is 12.0. The van der Waals surface area contributed by atoms with Gasteiger partial charge in [-0.05, 0) is 32.5 Å². The average molecular weight is 267 g/mol. The zero-order valence-corrected chi connectivity index (χ0v) is 12.3. The van der Waals surface area contributed by atoms with E-state index in [9.17, 15) is 9.90 Å². The van der Waals surface area contributed by atoms with E-state index in [4.69, 9.17) is 0 Å². The van der Waals surface area contributed by atoms with E-state index in [0.717, 1.165) is 24.3 Å². The Morgan fingerprint density at radius 3 is 2.53 bits per heavy atom. The summed E-state index contributed by atoms with van der Waals surface area (Å²) in [6, 6.07) is 0. The van der Waals surface area contributed by atoms with Crippen molar-refractivity contribution in [2.24, 2.45) is 0 Å². The Bertz CT molecular complexity index is 391. The molecule has 0 aliphatic heterocycles. The van der Waals surface area contributed by atoms with E-state index in [0.29, 0.717) is 12.1 Å². The summed E-state index contributed by atoms with van der Waals surface area (Å²) >= 11 is 0. The number of nitrogens with zero attached hydrogens (tertiary/aromatic N) is 1. The molecule has 0 spiro atoms. The van der Waals surface area contributed by atoms with Crippen LogP contribution in [0.15, 0.2) is 6.20 Å². The highest BCUT2D eigenvalue weighted by molar-refractivity contribution is 5.96. The second-order valence-corrected chi connectivity index (χ2v) is 4.82. The zero-order valence-electron chi connectivity index (χ0n) is 12.3. The van der Waals surface area contributed by atoms with Gasteiger partial charge in [0.1, 0.15) is 0 Å². The third kappa shape index (κ3) is 4.36. The third-order valence-corrected chi connectivity index (χ3v) is 3.36. The number of H-pyrrole nitrogens is 1. The van der Waals surface area contributed by atoms with Crippen LogP contribution in [0.2, 0.25) is 0 Å². The first-order valence-corrected chi connectivity index (χ1v) is 6.82. The molecule has 108 valence electrons. The first kappa shape index (κ1) is 15.7. The van der Waals surface area contributed by atoms with Crippen molar-refractivity contribution in [2.75, 3.05) is 26.2 Å². The summed E-state index contributed by atoms with van der Waals surface area (Å²) in [5.74, 6) is -0.130. The molecule has 0 radical (unpaired) electrons. The Labute approximate surface area is 115 Å². The van der Waals surface area contributed by atoms with Crippen molar-refractivity contribution in [2.45, 2.75) is 33.8 Å². The van der Waals surface area contributed by atoms with Crippen LogP contribution in [0.25, 0.3) is 0 Å². The van der Waals surface area contributed by atoms with E-state index in [1.807, 2.05) is 20.0 Å². The monoisotopic (exact) mass is 267 g/mol. The van der Waals surface area contributed by atoms with Crippen molar-refractivity contribution in [3.63, 3.8) is 0 Å². The molecular weight excluding hydrogens is 242 g/mol. The number of rotatable bonds is 7. The van der Waals surface area contributed by atoms with E-state index in [1.54, 1.807) is 0 Å². The fourth-order valence-electron chi connectivity index (χ4n) is 2.15. The third-order valence-electron chi connectivity index (χ3n) is 3.36. The van der Waals surface area contributed by atoms with Crippen LogP contribution in [0.3, 0.4) is 0 Å². The van der Waals surface area contributed by atoms with Crippen molar-refractivity contribution in [1.82, 2.24) is 15.2 Å². The topological polar surface area (TPSA) is 68.4 Å². The molecule has 0 fully saturated rings. The minimum Gasteiger partial charge on any atom is -0.390 e. The highest BCUT2D eigenvalue weighted by Gasteiger charge is 2.15. The molecule has 0 bridgehead atoms. The van der Waals surface area contributed by atoms with Gasteiger partial charge in [-0.3, -0.25) is 4.79 Å². The molecule has 0 saturated heterocycles. The van der Waals surface area contributed by atoms with Crippen LogP contribution >= 0.6 is 0 Å². The summed E-state index contributed by atoms with van der Waals surface area (Å²) in [6.07, 6.45) is 1.28. The van der Waals surface area contributed by atoms with E-state index in [2.05, 4.69) is 29.0 Å². The minimum absolute atomic E-state index is 0.130. The van der Waals surface area contributed by atoms with Gasteiger partial charge in [-0.1, -0.05) is 13.8 Å². The van der Waals surface area contributed by atoms with E-state index in [1.165, 1.54) is 0 Å². The molecule has 3 N–H and O–H groups in total. The average Bonchev–Trinajstić information content (AvgIpc) is 2.72. The molecule has 0 saturated carbocycles. The summed E-state index contributed by atoms with van der Waals surface area (Å²) in [7, 11) is 0. The molecule has 0 aliphatic rings. The molecule has 1 unspecified atom stereocenters. The van der Waals surface area contributed by atoms with Gasteiger partial charge in [-0.2, -0.15) is 0 Å². The zero-order chi connectivity index (χ0) is 14.4. The Morgan fingerprint density at radius 1 is 1.42 bits per heavy atom. The number of amides is 1. The maximum absolute atomic E-state index is 12.0. The minimum atomic E-state index is -0.539. The van der Waals surface area contributed by atoms with E-state index >= 15 is 0 Å². The lowest BCUT2D eigenvalue weighted by Crippen LogP contribution is -2.40. The Morgan fingerprint density at radius 2 is 2.05 bits per heavy atom. The van der Waals surface area contributed by atoms with Crippen LogP contribution in [-0.4, -0.2) is 53.2 Å². The lowest BCUT2D eigenvalue weighted by Gasteiger charge is -2.22. The lowest BCUT2D eigenvalue weighted by molar-refractivity contribution is 0.0868. The number of carbonyl (C=O) groups is 1. The number of carbonyl (C=O) groups excluding carboxylic acids is 1. The number of hydrogen-bond donors (Lipinski definition) is 3. The number of aromatic amines is 1. The molecule has 1 rings (SSSR count). The largest absolute Gasteiger partial charge is 0.390 e. The predicted octanol–water partition coefficient (Wildman–Crippen LogP) is 1.06. The van der Waals surface area contributed by atoms with E-state index < -0.39 is 6.10 Å². The second-order valence-electron chi connectivity index (χ2n) is 4.82. The van der Waals surface area contributed by atoms with E-state index in [-0.39, 0.29) is 12.5 Å². The molecule has 1 aromatic rings. The number of aromatic nitrogens is 1. The SMILES string of the molecule is CCN(CC)CC(O)CNC(=O)c1c(C)c[nH]c1C. The molecule has 0 aromatic carbocycles. The van der Waals surface area contributed by atoms with Gasteiger partial charge in [0.25, 0.3) is 5.91 Å². The fraction of sp³-hybridized carbons (Fsp3) is 0.643. The normalized spacial score (nSPS) is 12.7. The highest BCUT2D eigenvalue weighted by Crippen LogP contribution is 2.11. The summed E-state index contributed by atoms with van der Waals surface area (Å²) in [4.78, 5) is 17.2. The summed E-state index contributed by atoms with van der Waals surface area (Å²) in [5, 5.41) is 12.7. The number of nitrogens with one attached hydrogen (secondary N) is 2. The van der Waals surface area contributed by atoms with Crippen LogP contribution in [0.1, 0.15) is 35.5 Å². The van der Waals surface area contributed by atoms with Crippen molar-refractivity contribution < 1.29 is 9.90 Å². The second kappa shape index (κ2) is 7.31. The van der Waals surface area contributed by atoms with Gasteiger partial charge in [0.15, 0.2) is 0 Å². The van der Waals surface area contributed by atoms with Crippen molar-refractivity contribution in [1.29, 1.82) is 0 Å². The first-order chi connectivity index (χ1) is 8.99. The molecule has 1 atom stereocenters. The van der Waals surface area contributed by atoms with Gasteiger partial charge in [-0.25, -0.2) is 0 Å². The van der Waals surface area contributed by atoms with Gasteiger partial charge in [0.2, 0.25) is 0 Å². The molecule has 1 aromatic heterocycles. The molecule has 5 nitrogen and oxygen atoms in total. The Hall–Kier alpha value is -1.33. The van der Waals surface area contributed by atoms with Gasteiger partial charge in [-0.15, -0.1) is 0 Å². The standard InChI is InChI=1S/C14H25N3O2/c1-5-17(6-2)9-12(18)8-16-14(19)13-10(3)7-15-11(13)4/h7,12,15,18H,5-6,8-9H2,1-4H3,(H,16,19). The van der Waals surface area contributed by atoms with Crippen molar-refractivity contribution in [3.05, 3.63) is 23.0 Å². The lowest BCUT2D eigenvalue weighted by atomic mass is 10.1. The summed E-state index contributed by atoms with van der Waals surface area (Å²) in [6.45, 7) is 10.5. The van der Waals surface area contributed by atoms with Gasteiger partial charge in [0, 0.05) is 25.0 Å². The van der Waals surface area contributed by atoms with Crippen LogP contribution in [0.5, 0.6) is 0 Å². The number of hydrogen-bond acceptors (Lipinski definition) is 3. The molecule has 1 amide bonds. The maximum Gasteiger partial charge on any atom is 0.253 e. The smallest absolute Gasteiger partial charge is 0.253 e. The highest BCUT2D eigenvalue weighted by atomic mass is 16.3. The van der Waals surface area contributed by atoms with Crippen LogP contribution in [-0.2, 0) is 0 Å². The summed E-state index contributed by atoms with van der Waals surface area (Å²) < 4.78 is 0. The molecule has 19 heavy (non-hydrogen) atoms. The molecule has 0 aliphatic carbocycles. The number of likely N-dealkylation sites (N-methyl/N-ethyl adjacent to an activating group) is 1. The number of aliphatic hydroxyl groups is 1. The van der Waals surface area contributed by atoms with Crippen LogP contribution < -0.4 is 5.32 Å². The van der Waals surface area contributed by atoms with Crippen LogP contribution in [0.4, 0.5) is 0 Å². The molecule has 1 heterocycles.